The van der Waals surface area contributed by atoms with Crippen LogP contribution in [-0.2, 0) is 6.54 Å². The highest BCUT2D eigenvalue weighted by Gasteiger charge is 2.33. The van der Waals surface area contributed by atoms with Crippen molar-refractivity contribution in [3.8, 4) is 0 Å². The van der Waals surface area contributed by atoms with Crippen LogP contribution >= 0.6 is 0 Å². The maximum Gasteiger partial charge on any atom is 0.144 e. The second kappa shape index (κ2) is 6.73. The van der Waals surface area contributed by atoms with E-state index in [1.165, 1.54) is 45.1 Å². The molecule has 3 rings (SSSR count). The van der Waals surface area contributed by atoms with Gasteiger partial charge in [-0.2, -0.15) is 0 Å². The summed E-state index contributed by atoms with van der Waals surface area (Å²) in [6.45, 7) is 7.21. The minimum atomic E-state index is 0.777. The fourth-order valence-corrected chi connectivity index (χ4v) is 4.08. The normalized spacial score (nSPS) is 26.4. The Balaban J connectivity index is 1.72. The number of rotatable bonds is 4. The van der Waals surface area contributed by atoms with Crippen LogP contribution in [0.4, 0.5) is 5.82 Å². The summed E-state index contributed by atoms with van der Waals surface area (Å²) in [7, 11) is 0. The van der Waals surface area contributed by atoms with Gasteiger partial charge < -0.3 is 5.32 Å². The van der Waals surface area contributed by atoms with Crippen LogP contribution in [-0.4, -0.2) is 34.0 Å². The molecule has 116 valence electrons. The summed E-state index contributed by atoms with van der Waals surface area (Å²) in [5.41, 5.74) is 1.06. The molecule has 21 heavy (non-hydrogen) atoms. The zero-order chi connectivity index (χ0) is 14.7. The van der Waals surface area contributed by atoms with Crippen LogP contribution in [0.2, 0.25) is 0 Å². The lowest BCUT2D eigenvalue weighted by Gasteiger charge is -2.43. The molecular formula is C17H28N4. The van der Waals surface area contributed by atoms with E-state index in [9.17, 15) is 0 Å². The van der Waals surface area contributed by atoms with Crippen molar-refractivity contribution in [2.45, 2.75) is 65.0 Å². The number of aromatic nitrogens is 2. The Hall–Kier alpha value is -1.16. The van der Waals surface area contributed by atoms with E-state index in [0.717, 1.165) is 42.4 Å². The number of hydrogen-bond donors (Lipinski definition) is 1. The van der Waals surface area contributed by atoms with Gasteiger partial charge in [-0.3, -0.25) is 4.90 Å². The highest BCUT2D eigenvalue weighted by atomic mass is 15.2. The zero-order valence-corrected chi connectivity index (χ0v) is 13.4. The minimum absolute atomic E-state index is 0.777. The van der Waals surface area contributed by atoms with Crippen LogP contribution in [0.1, 0.15) is 57.0 Å². The average molecular weight is 288 g/mol. The Morgan fingerprint density at radius 2 is 2.00 bits per heavy atom. The molecule has 1 aliphatic carbocycles. The van der Waals surface area contributed by atoms with Gasteiger partial charge in [0.15, 0.2) is 0 Å². The maximum atomic E-state index is 4.69. The van der Waals surface area contributed by atoms with Crippen molar-refractivity contribution in [3.05, 3.63) is 17.6 Å². The van der Waals surface area contributed by atoms with Gasteiger partial charge in [-0.15, -0.1) is 0 Å². The Bertz CT molecular complexity index is 472. The zero-order valence-electron chi connectivity index (χ0n) is 13.4. The van der Waals surface area contributed by atoms with Gasteiger partial charge in [0.1, 0.15) is 11.6 Å². The first-order valence-corrected chi connectivity index (χ1v) is 8.58. The van der Waals surface area contributed by atoms with E-state index in [1.807, 2.05) is 6.07 Å². The third kappa shape index (κ3) is 3.54. The van der Waals surface area contributed by atoms with Crippen molar-refractivity contribution in [1.82, 2.24) is 14.9 Å². The van der Waals surface area contributed by atoms with Crippen molar-refractivity contribution in [1.29, 1.82) is 0 Å². The van der Waals surface area contributed by atoms with Gasteiger partial charge in [0.2, 0.25) is 0 Å². The van der Waals surface area contributed by atoms with Gasteiger partial charge in [-0.25, -0.2) is 9.97 Å². The molecule has 0 aromatic carbocycles. The van der Waals surface area contributed by atoms with Crippen molar-refractivity contribution < 1.29 is 0 Å². The molecule has 2 fully saturated rings. The summed E-state index contributed by atoms with van der Waals surface area (Å²) in [6.07, 6.45) is 8.40. The Morgan fingerprint density at radius 1 is 1.19 bits per heavy atom. The highest BCUT2D eigenvalue weighted by molar-refractivity contribution is 5.35. The fourth-order valence-electron chi connectivity index (χ4n) is 4.08. The standard InChI is InChI=1S/C17H28N4/c1-3-18-16-11-13(2)19-17(20-16)12-21-10-6-8-14-7-4-5-9-15(14)21/h11,14-15H,3-10,12H2,1-2H3,(H,18,19,20)/t14-,15-/m1/s1. The summed E-state index contributed by atoms with van der Waals surface area (Å²) in [5.74, 6) is 2.87. The lowest BCUT2D eigenvalue weighted by atomic mass is 9.78. The van der Waals surface area contributed by atoms with E-state index in [1.54, 1.807) is 0 Å². The smallest absolute Gasteiger partial charge is 0.144 e. The molecule has 4 nitrogen and oxygen atoms in total. The van der Waals surface area contributed by atoms with Gasteiger partial charge in [0.05, 0.1) is 6.54 Å². The molecule has 0 spiro atoms. The molecule has 1 aromatic rings. The van der Waals surface area contributed by atoms with E-state index in [4.69, 9.17) is 4.98 Å². The first-order valence-electron chi connectivity index (χ1n) is 8.58. The van der Waals surface area contributed by atoms with Gasteiger partial charge in [-0.05, 0) is 52.0 Å². The molecule has 2 aliphatic rings. The van der Waals surface area contributed by atoms with Crippen molar-refractivity contribution in [2.24, 2.45) is 5.92 Å². The molecule has 0 unspecified atom stereocenters. The van der Waals surface area contributed by atoms with Gasteiger partial charge in [0.25, 0.3) is 0 Å². The molecule has 1 aliphatic heterocycles. The maximum absolute atomic E-state index is 4.69. The number of hydrogen-bond acceptors (Lipinski definition) is 4. The molecule has 4 heteroatoms. The lowest BCUT2D eigenvalue weighted by molar-refractivity contribution is 0.0526. The van der Waals surface area contributed by atoms with E-state index in [2.05, 4.69) is 29.0 Å². The second-order valence-corrected chi connectivity index (χ2v) is 6.57. The summed E-state index contributed by atoms with van der Waals surface area (Å²) in [5, 5.41) is 3.31. The Morgan fingerprint density at radius 3 is 2.86 bits per heavy atom. The number of aryl methyl sites for hydroxylation is 1. The summed E-state index contributed by atoms with van der Waals surface area (Å²) in [6, 6.07) is 2.81. The Kier molecular flexibility index (Phi) is 4.73. The van der Waals surface area contributed by atoms with Crippen LogP contribution < -0.4 is 5.32 Å². The van der Waals surface area contributed by atoms with Crippen LogP contribution in [0.3, 0.4) is 0 Å². The lowest BCUT2D eigenvalue weighted by Crippen LogP contribution is -2.46. The summed E-state index contributed by atoms with van der Waals surface area (Å²) >= 11 is 0. The molecule has 0 radical (unpaired) electrons. The first kappa shape index (κ1) is 14.8. The number of likely N-dealkylation sites (tertiary alicyclic amines) is 1. The third-order valence-electron chi connectivity index (χ3n) is 4.96. The number of anilines is 1. The van der Waals surface area contributed by atoms with E-state index in [0.29, 0.717) is 0 Å². The predicted octanol–water partition coefficient (Wildman–Crippen LogP) is 3.37. The molecule has 2 heterocycles. The molecule has 2 atom stereocenters. The third-order valence-corrected chi connectivity index (χ3v) is 4.96. The molecule has 0 bridgehead atoms. The topological polar surface area (TPSA) is 41.1 Å². The SMILES string of the molecule is CCNc1cc(C)nc(CN2CCC[C@H]3CCCC[C@H]32)n1. The van der Waals surface area contributed by atoms with Crippen LogP contribution in [0.25, 0.3) is 0 Å². The first-order chi connectivity index (χ1) is 10.3. The van der Waals surface area contributed by atoms with E-state index >= 15 is 0 Å². The van der Waals surface area contributed by atoms with Crippen LogP contribution in [0.5, 0.6) is 0 Å². The number of fused-ring (bicyclic) bond motifs is 1. The van der Waals surface area contributed by atoms with Gasteiger partial charge in [-0.1, -0.05) is 12.8 Å². The minimum Gasteiger partial charge on any atom is -0.370 e. The monoisotopic (exact) mass is 288 g/mol. The van der Waals surface area contributed by atoms with Crippen LogP contribution in [0.15, 0.2) is 6.07 Å². The van der Waals surface area contributed by atoms with Crippen LogP contribution in [0, 0.1) is 12.8 Å². The summed E-state index contributed by atoms with van der Waals surface area (Å²) < 4.78 is 0. The molecule has 0 amide bonds. The molecule has 1 saturated carbocycles. The molecule has 1 N–H and O–H groups in total. The number of nitrogens with one attached hydrogen (secondary N) is 1. The predicted molar refractivity (Wildman–Crippen MR) is 86.3 cm³/mol. The van der Waals surface area contributed by atoms with Crippen molar-refractivity contribution in [3.63, 3.8) is 0 Å². The highest BCUT2D eigenvalue weighted by Crippen LogP contribution is 2.35. The molecule has 1 aromatic heterocycles. The summed E-state index contributed by atoms with van der Waals surface area (Å²) in [4.78, 5) is 12.0. The molecular weight excluding hydrogens is 260 g/mol. The quantitative estimate of drug-likeness (QED) is 0.922. The number of nitrogens with zero attached hydrogens (tertiary/aromatic N) is 3. The Labute approximate surface area is 128 Å². The van der Waals surface area contributed by atoms with E-state index < -0.39 is 0 Å². The number of piperidine rings is 1. The molecule has 1 saturated heterocycles. The fraction of sp³-hybridized carbons (Fsp3) is 0.765. The van der Waals surface area contributed by atoms with E-state index in [-0.39, 0.29) is 0 Å². The van der Waals surface area contributed by atoms with Crippen molar-refractivity contribution >= 4 is 5.82 Å². The largest absolute Gasteiger partial charge is 0.370 e. The second-order valence-electron chi connectivity index (χ2n) is 6.57. The van der Waals surface area contributed by atoms with Crippen molar-refractivity contribution in [2.75, 3.05) is 18.4 Å². The average Bonchev–Trinajstić information content (AvgIpc) is 2.47. The van der Waals surface area contributed by atoms with Gasteiger partial charge >= 0.3 is 0 Å². The van der Waals surface area contributed by atoms with Gasteiger partial charge in [0, 0.05) is 24.3 Å².